The molecule has 4 saturated carbocycles. The zero-order chi connectivity index (χ0) is 14.7. The molecule has 0 aromatic heterocycles. The second kappa shape index (κ2) is 4.86. The zero-order valence-corrected chi connectivity index (χ0v) is 13.4. The van der Waals surface area contributed by atoms with Gasteiger partial charge in [0.1, 0.15) is 0 Å². The molecule has 114 valence electrons. The molecule has 2 N–H and O–H groups in total. The Labute approximate surface area is 135 Å². The summed E-state index contributed by atoms with van der Waals surface area (Å²) in [6.45, 7) is 0. The minimum atomic E-state index is -0.672. The Bertz CT molecular complexity index is 539. The van der Waals surface area contributed by atoms with Gasteiger partial charge in [-0.25, -0.2) is 4.84 Å². The lowest BCUT2D eigenvalue weighted by Gasteiger charge is -2.63. The van der Waals surface area contributed by atoms with E-state index in [1.165, 1.54) is 6.42 Å². The predicted octanol–water partition coefficient (Wildman–Crippen LogP) is 4.02. The number of hydrogen-bond donors (Lipinski definition) is 2. The summed E-state index contributed by atoms with van der Waals surface area (Å²) in [6, 6.07) is 10.2. The molecule has 6 atom stereocenters. The van der Waals surface area contributed by atoms with Gasteiger partial charge in [0.25, 0.3) is 0 Å². The first-order chi connectivity index (χ1) is 10.0. The van der Waals surface area contributed by atoms with Crippen molar-refractivity contribution in [3.05, 3.63) is 35.9 Å². The molecule has 0 spiro atoms. The normalized spacial score (nSPS) is 45.8. The Balaban J connectivity index is 1.71. The highest BCUT2D eigenvalue weighted by Crippen LogP contribution is 2.64. The van der Waals surface area contributed by atoms with E-state index in [1.54, 1.807) is 0 Å². The number of hydrogen-bond acceptors (Lipinski definition) is 2. The molecule has 21 heavy (non-hydrogen) atoms. The van der Waals surface area contributed by atoms with E-state index in [0.29, 0.717) is 18.3 Å². The van der Waals surface area contributed by atoms with Crippen molar-refractivity contribution in [2.75, 3.05) is 0 Å². The Morgan fingerprint density at radius 2 is 1.95 bits per heavy atom. The Hall–Kier alpha value is -0.280. The molecule has 1 aromatic rings. The van der Waals surface area contributed by atoms with Gasteiger partial charge in [0.05, 0.1) is 11.6 Å². The molecule has 0 heterocycles. The van der Waals surface area contributed by atoms with E-state index >= 15 is 0 Å². The third-order valence-corrected chi connectivity index (χ3v) is 6.62. The molecular formula is C17H21Cl2NO. The van der Waals surface area contributed by atoms with E-state index in [2.05, 4.69) is 17.0 Å². The van der Waals surface area contributed by atoms with Gasteiger partial charge in [0.15, 0.2) is 0 Å². The van der Waals surface area contributed by atoms with Gasteiger partial charge in [-0.2, -0.15) is 0 Å². The Kier molecular flexibility index (Phi) is 3.31. The summed E-state index contributed by atoms with van der Waals surface area (Å²) < 4.78 is 0. The van der Waals surface area contributed by atoms with Crippen LogP contribution < -0.4 is 4.84 Å². The van der Waals surface area contributed by atoms with Crippen LogP contribution in [0.5, 0.6) is 0 Å². The smallest absolute Gasteiger partial charge is 0.0716 e. The van der Waals surface area contributed by atoms with Crippen molar-refractivity contribution < 1.29 is 5.11 Å². The van der Waals surface area contributed by atoms with Crippen molar-refractivity contribution in [3.63, 3.8) is 0 Å². The second-order valence-electron chi connectivity index (χ2n) is 7.43. The van der Waals surface area contributed by atoms with Gasteiger partial charge in [-0.15, -0.1) is 11.6 Å². The van der Waals surface area contributed by atoms with Crippen LogP contribution in [0.4, 0.5) is 0 Å². The Morgan fingerprint density at radius 1 is 1.19 bits per heavy atom. The first kappa shape index (κ1) is 14.3. The second-order valence-corrected chi connectivity index (χ2v) is 8.45. The zero-order valence-electron chi connectivity index (χ0n) is 11.9. The quantitative estimate of drug-likeness (QED) is 0.649. The molecule has 0 radical (unpaired) electrons. The molecule has 2 nitrogen and oxygen atoms in total. The summed E-state index contributed by atoms with van der Waals surface area (Å²) in [5.41, 5.74) is 0.482. The van der Waals surface area contributed by atoms with Crippen LogP contribution in [0.25, 0.3) is 0 Å². The summed E-state index contributed by atoms with van der Waals surface area (Å²) in [7, 11) is 0. The van der Waals surface area contributed by atoms with Crippen LogP contribution in [0.3, 0.4) is 0 Å². The van der Waals surface area contributed by atoms with Crippen LogP contribution in [0.1, 0.15) is 43.7 Å². The summed E-state index contributed by atoms with van der Waals surface area (Å²) in [6.07, 6.45) is 4.86. The van der Waals surface area contributed by atoms with E-state index in [4.69, 9.17) is 23.4 Å². The number of nitrogens with one attached hydrogen (secondary N) is 1. The molecule has 4 bridgehead atoms. The maximum absolute atomic E-state index is 11.3. The number of rotatable bonds is 3. The van der Waals surface area contributed by atoms with Gasteiger partial charge in [0, 0.05) is 10.8 Å². The monoisotopic (exact) mass is 325 g/mol. The fraction of sp³-hybridized carbons (Fsp3) is 0.647. The van der Waals surface area contributed by atoms with Gasteiger partial charge in [-0.3, -0.25) is 0 Å². The molecule has 2 unspecified atom stereocenters. The standard InChI is InChI=1S/C17H21Cl2NO/c18-16-7-11-6-13(9-16)14(17(21,8-11)10-16)15(20-19)12-4-2-1-3-5-12/h1-5,11,13-15,20-21H,6-10H2/t11?,13?,14-,15+,16+,17+/m1/s1. The van der Waals surface area contributed by atoms with E-state index in [0.717, 1.165) is 24.8 Å². The summed E-state index contributed by atoms with van der Waals surface area (Å²) in [5, 5.41) is 11.3. The average Bonchev–Trinajstić information content (AvgIpc) is 2.41. The summed E-state index contributed by atoms with van der Waals surface area (Å²) in [4.78, 5) is 2.78. The lowest BCUT2D eigenvalue weighted by atomic mass is 9.48. The number of alkyl halides is 1. The first-order valence-electron chi connectivity index (χ1n) is 7.85. The lowest BCUT2D eigenvalue weighted by molar-refractivity contribution is -0.172. The van der Waals surface area contributed by atoms with Gasteiger partial charge in [-0.05, 0) is 61.3 Å². The van der Waals surface area contributed by atoms with Crippen LogP contribution in [0.15, 0.2) is 30.3 Å². The van der Waals surface area contributed by atoms with Crippen molar-refractivity contribution in [3.8, 4) is 0 Å². The highest BCUT2D eigenvalue weighted by Gasteiger charge is 2.63. The fourth-order valence-electron chi connectivity index (χ4n) is 5.63. The van der Waals surface area contributed by atoms with Crippen LogP contribution >= 0.6 is 23.4 Å². The molecule has 4 fully saturated rings. The van der Waals surface area contributed by atoms with Crippen LogP contribution in [-0.4, -0.2) is 15.6 Å². The number of benzene rings is 1. The molecule has 0 aliphatic heterocycles. The van der Waals surface area contributed by atoms with E-state index in [9.17, 15) is 5.11 Å². The Morgan fingerprint density at radius 3 is 2.57 bits per heavy atom. The molecule has 1 aromatic carbocycles. The topological polar surface area (TPSA) is 32.3 Å². The van der Waals surface area contributed by atoms with Gasteiger partial charge < -0.3 is 5.11 Å². The van der Waals surface area contributed by atoms with Gasteiger partial charge in [-0.1, -0.05) is 30.3 Å². The van der Waals surface area contributed by atoms with Crippen LogP contribution in [-0.2, 0) is 0 Å². The largest absolute Gasteiger partial charge is 0.389 e. The molecule has 4 heteroatoms. The van der Waals surface area contributed by atoms with Crippen molar-refractivity contribution in [1.29, 1.82) is 0 Å². The molecule has 4 aliphatic rings. The third-order valence-electron chi connectivity index (χ3n) is 5.95. The molecule has 4 aliphatic carbocycles. The van der Waals surface area contributed by atoms with Crippen molar-refractivity contribution in [1.82, 2.24) is 4.84 Å². The maximum atomic E-state index is 11.3. The maximum Gasteiger partial charge on any atom is 0.0716 e. The highest BCUT2D eigenvalue weighted by atomic mass is 35.5. The van der Waals surface area contributed by atoms with Crippen molar-refractivity contribution in [2.24, 2.45) is 17.8 Å². The molecular weight excluding hydrogens is 305 g/mol. The van der Waals surface area contributed by atoms with Crippen molar-refractivity contribution in [2.45, 2.75) is 48.6 Å². The van der Waals surface area contributed by atoms with Crippen molar-refractivity contribution >= 4 is 23.4 Å². The van der Waals surface area contributed by atoms with E-state index in [1.807, 2.05) is 18.2 Å². The molecule has 5 rings (SSSR count). The number of aliphatic hydroxyl groups is 1. The number of halogens is 2. The van der Waals surface area contributed by atoms with E-state index < -0.39 is 5.60 Å². The molecule has 0 amide bonds. The first-order valence-corrected chi connectivity index (χ1v) is 8.61. The SMILES string of the molecule is O[C@@]12CC3CC(C[C@@](Cl)(C3)C1)[C@@H]2[C@@H](NCl)c1ccccc1. The highest BCUT2D eigenvalue weighted by molar-refractivity contribution is 6.24. The van der Waals surface area contributed by atoms with E-state index in [-0.39, 0.29) is 16.8 Å². The summed E-state index contributed by atoms with van der Waals surface area (Å²) >= 11 is 12.9. The van der Waals surface area contributed by atoms with Crippen LogP contribution in [0, 0.1) is 17.8 Å². The summed E-state index contributed by atoms with van der Waals surface area (Å²) in [5.74, 6) is 1.20. The van der Waals surface area contributed by atoms with Gasteiger partial charge >= 0.3 is 0 Å². The average molecular weight is 326 g/mol. The molecule has 0 saturated heterocycles. The minimum Gasteiger partial charge on any atom is -0.389 e. The third kappa shape index (κ3) is 2.23. The lowest BCUT2D eigenvalue weighted by Crippen LogP contribution is -2.64. The fourth-order valence-corrected chi connectivity index (χ4v) is 6.54. The minimum absolute atomic E-state index is 0.0110. The van der Waals surface area contributed by atoms with Crippen LogP contribution in [0.2, 0.25) is 0 Å². The van der Waals surface area contributed by atoms with Gasteiger partial charge in [0.2, 0.25) is 0 Å². The predicted molar refractivity (Wildman–Crippen MR) is 85.3 cm³/mol.